The van der Waals surface area contributed by atoms with Crippen LogP contribution in [0.5, 0.6) is 0 Å². The van der Waals surface area contributed by atoms with E-state index in [1.807, 2.05) is 18.3 Å². The summed E-state index contributed by atoms with van der Waals surface area (Å²) >= 11 is 0. The van der Waals surface area contributed by atoms with Gasteiger partial charge in [0.15, 0.2) is 0 Å². The van der Waals surface area contributed by atoms with E-state index in [4.69, 9.17) is 4.74 Å². The molecule has 0 saturated carbocycles. The monoisotopic (exact) mass is 275 g/mol. The lowest BCUT2D eigenvalue weighted by molar-refractivity contribution is -0.124. The van der Waals surface area contributed by atoms with Gasteiger partial charge in [0, 0.05) is 19.7 Å². The van der Waals surface area contributed by atoms with E-state index in [-0.39, 0.29) is 12.0 Å². The SMILES string of the molecule is O=C(Nc1ccc(N2CCCCC2)cn1)[C@@H]1CCCO1. The quantitative estimate of drug-likeness (QED) is 0.918. The van der Waals surface area contributed by atoms with E-state index < -0.39 is 0 Å². The summed E-state index contributed by atoms with van der Waals surface area (Å²) in [5, 5.41) is 2.82. The molecule has 1 amide bonds. The minimum Gasteiger partial charge on any atom is -0.370 e. The molecule has 5 heteroatoms. The average molecular weight is 275 g/mol. The molecule has 0 radical (unpaired) electrons. The second-order valence-electron chi connectivity index (χ2n) is 5.44. The minimum absolute atomic E-state index is 0.0827. The summed E-state index contributed by atoms with van der Waals surface area (Å²) in [7, 11) is 0. The van der Waals surface area contributed by atoms with Gasteiger partial charge in [-0.15, -0.1) is 0 Å². The highest BCUT2D eigenvalue weighted by Crippen LogP contribution is 2.20. The number of carbonyl (C=O) groups excluding carboxylic acids is 1. The molecule has 2 saturated heterocycles. The minimum atomic E-state index is -0.307. The fraction of sp³-hybridized carbons (Fsp3) is 0.600. The van der Waals surface area contributed by atoms with Crippen LogP contribution in [0.25, 0.3) is 0 Å². The topological polar surface area (TPSA) is 54.5 Å². The van der Waals surface area contributed by atoms with Crippen molar-refractivity contribution in [3.8, 4) is 0 Å². The first-order valence-electron chi connectivity index (χ1n) is 7.46. The summed E-state index contributed by atoms with van der Waals surface area (Å²) in [4.78, 5) is 18.6. The predicted octanol–water partition coefficient (Wildman–Crippen LogP) is 2.19. The van der Waals surface area contributed by atoms with Crippen molar-refractivity contribution in [2.24, 2.45) is 0 Å². The zero-order valence-corrected chi connectivity index (χ0v) is 11.7. The number of pyridine rings is 1. The van der Waals surface area contributed by atoms with Crippen LogP contribution in [0.3, 0.4) is 0 Å². The molecule has 0 bridgehead atoms. The van der Waals surface area contributed by atoms with Gasteiger partial charge < -0.3 is 15.0 Å². The summed E-state index contributed by atoms with van der Waals surface area (Å²) in [6.07, 6.45) is 7.11. The van der Waals surface area contributed by atoms with Crippen molar-refractivity contribution in [2.75, 3.05) is 29.9 Å². The number of piperidine rings is 1. The number of nitrogens with one attached hydrogen (secondary N) is 1. The Bertz CT molecular complexity index is 449. The molecule has 20 heavy (non-hydrogen) atoms. The number of carbonyl (C=O) groups is 1. The Labute approximate surface area is 119 Å². The molecule has 0 unspecified atom stereocenters. The molecular formula is C15H21N3O2. The zero-order chi connectivity index (χ0) is 13.8. The molecule has 0 aromatic carbocycles. The van der Waals surface area contributed by atoms with E-state index in [1.165, 1.54) is 19.3 Å². The second kappa shape index (κ2) is 6.22. The largest absolute Gasteiger partial charge is 0.370 e. The fourth-order valence-corrected chi connectivity index (χ4v) is 2.79. The maximum atomic E-state index is 11.9. The van der Waals surface area contributed by atoms with Gasteiger partial charge in [0.05, 0.1) is 11.9 Å². The number of nitrogens with zero attached hydrogens (tertiary/aromatic N) is 2. The Morgan fingerprint density at radius 1 is 1.25 bits per heavy atom. The third-order valence-corrected chi connectivity index (χ3v) is 3.94. The second-order valence-corrected chi connectivity index (χ2v) is 5.44. The number of rotatable bonds is 3. The molecule has 3 rings (SSSR count). The lowest BCUT2D eigenvalue weighted by Crippen LogP contribution is -2.29. The van der Waals surface area contributed by atoms with Gasteiger partial charge in [-0.3, -0.25) is 4.79 Å². The fourth-order valence-electron chi connectivity index (χ4n) is 2.79. The van der Waals surface area contributed by atoms with Crippen molar-refractivity contribution in [1.82, 2.24) is 4.98 Å². The molecule has 1 aromatic rings. The van der Waals surface area contributed by atoms with Gasteiger partial charge in [-0.2, -0.15) is 0 Å². The first-order chi connectivity index (χ1) is 9.83. The lowest BCUT2D eigenvalue weighted by Gasteiger charge is -2.28. The first-order valence-corrected chi connectivity index (χ1v) is 7.46. The Balaban J connectivity index is 1.59. The normalized spacial score (nSPS) is 22.8. The van der Waals surface area contributed by atoms with Crippen molar-refractivity contribution in [3.05, 3.63) is 18.3 Å². The number of anilines is 2. The first kappa shape index (κ1) is 13.4. The number of ether oxygens (including phenoxy) is 1. The summed E-state index contributed by atoms with van der Waals surface area (Å²) in [5.41, 5.74) is 1.14. The summed E-state index contributed by atoms with van der Waals surface area (Å²) < 4.78 is 5.36. The smallest absolute Gasteiger partial charge is 0.254 e. The van der Waals surface area contributed by atoms with Gasteiger partial charge in [0.1, 0.15) is 11.9 Å². The van der Waals surface area contributed by atoms with Gasteiger partial charge in [-0.05, 0) is 44.2 Å². The molecule has 2 aliphatic heterocycles. The van der Waals surface area contributed by atoms with E-state index in [0.29, 0.717) is 12.4 Å². The van der Waals surface area contributed by atoms with Crippen LogP contribution in [0.15, 0.2) is 18.3 Å². The zero-order valence-electron chi connectivity index (χ0n) is 11.7. The molecule has 0 spiro atoms. The van der Waals surface area contributed by atoms with E-state index in [9.17, 15) is 4.79 Å². The van der Waals surface area contributed by atoms with E-state index >= 15 is 0 Å². The van der Waals surface area contributed by atoms with Crippen LogP contribution in [0.4, 0.5) is 11.5 Å². The Kier molecular flexibility index (Phi) is 4.16. The van der Waals surface area contributed by atoms with E-state index in [1.54, 1.807) is 0 Å². The van der Waals surface area contributed by atoms with Crippen molar-refractivity contribution >= 4 is 17.4 Å². The van der Waals surface area contributed by atoms with Gasteiger partial charge in [0.25, 0.3) is 5.91 Å². The molecule has 5 nitrogen and oxygen atoms in total. The van der Waals surface area contributed by atoms with Crippen LogP contribution >= 0.6 is 0 Å². The standard InChI is InChI=1S/C15H21N3O2/c19-15(13-5-4-10-20-13)17-14-7-6-12(11-16-14)18-8-2-1-3-9-18/h6-7,11,13H,1-5,8-10H2,(H,16,17,19)/t13-/m0/s1. The van der Waals surface area contributed by atoms with Crippen LogP contribution in [0.1, 0.15) is 32.1 Å². The molecule has 3 heterocycles. The van der Waals surface area contributed by atoms with Crippen LogP contribution in [0, 0.1) is 0 Å². The van der Waals surface area contributed by atoms with Gasteiger partial charge in [-0.1, -0.05) is 0 Å². The molecule has 2 fully saturated rings. The van der Waals surface area contributed by atoms with Crippen molar-refractivity contribution in [3.63, 3.8) is 0 Å². The number of hydrogen-bond acceptors (Lipinski definition) is 4. The Morgan fingerprint density at radius 2 is 2.10 bits per heavy atom. The molecule has 1 aromatic heterocycles. The maximum Gasteiger partial charge on any atom is 0.254 e. The Morgan fingerprint density at radius 3 is 2.75 bits per heavy atom. The van der Waals surface area contributed by atoms with E-state index in [0.717, 1.165) is 31.6 Å². The number of amides is 1. The van der Waals surface area contributed by atoms with Gasteiger partial charge in [-0.25, -0.2) is 4.98 Å². The molecule has 1 atom stereocenters. The third-order valence-electron chi connectivity index (χ3n) is 3.94. The average Bonchev–Trinajstić information content (AvgIpc) is 3.03. The Hall–Kier alpha value is -1.62. The molecule has 2 aliphatic rings. The number of hydrogen-bond donors (Lipinski definition) is 1. The molecule has 1 N–H and O–H groups in total. The van der Waals surface area contributed by atoms with E-state index in [2.05, 4.69) is 15.2 Å². The van der Waals surface area contributed by atoms with Crippen LogP contribution < -0.4 is 10.2 Å². The van der Waals surface area contributed by atoms with Crippen molar-refractivity contribution in [1.29, 1.82) is 0 Å². The van der Waals surface area contributed by atoms with Crippen molar-refractivity contribution in [2.45, 2.75) is 38.2 Å². The molecular weight excluding hydrogens is 254 g/mol. The van der Waals surface area contributed by atoms with Gasteiger partial charge >= 0.3 is 0 Å². The summed E-state index contributed by atoms with van der Waals surface area (Å²) in [5.74, 6) is 0.520. The maximum absolute atomic E-state index is 11.9. The lowest BCUT2D eigenvalue weighted by atomic mass is 10.1. The van der Waals surface area contributed by atoms with Gasteiger partial charge in [0.2, 0.25) is 0 Å². The highest BCUT2D eigenvalue weighted by molar-refractivity contribution is 5.93. The summed E-state index contributed by atoms with van der Waals surface area (Å²) in [6.45, 7) is 2.88. The summed E-state index contributed by atoms with van der Waals surface area (Å²) in [6, 6.07) is 3.90. The highest BCUT2D eigenvalue weighted by Gasteiger charge is 2.23. The van der Waals surface area contributed by atoms with Crippen LogP contribution in [-0.4, -0.2) is 36.7 Å². The van der Waals surface area contributed by atoms with Crippen LogP contribution in [-0.2, 0) is 9.53 Å². The molecule has 0 aliphatic carbocycles. The predicted molar refractivity (Wildman–Crippen MR) is 77.9 cm³/mol. The highest BCUT2D eigenvalue weighted by atomic mass is 16.5. The number of aromatic nitrogens is 1. The van der Waals surface area contributed by atoms with Crippen LogP contribution in [0.2, 0.25) is 0 Å². The van der Waals surface area contributed by atoms with Crippen molar-refractivity contribution < 1.29 is 9.53 Å². The molecule has 108 valence electrons. The third kappa shape index (κ3) is 3.10.